The van der Waals surface area contributed by atoms with Crippen molar-refractivity contribution in [3.63, 3.8) is 0 Å². The van der Waals surface area contributed by atoms with Crippen molar-refractivity contribution < 1.29 is 4.39 Å². The van der Waals surface area contributed by atoms with Crippen LogP contribution < -0.4 is 10.6 Å². The number of benzene rings is 2. The topological polar surface area (TPSA) is 29.3 Å². The molecule has 2 nitrogen and oxygen atoms in total. The summed E-state index contributed by atoms with van der Waals surface area (Å²) in [6, 6.07) is 11.1. The van der Waals surface area contributed by atoms with Gasteiger partial charge in [-0.05, 0) is 53.3 Å². The molecule has 0 saturated heterocycles. The molecular weight excluding hydrogens is 342 g/mol. The molecule has 0 saturated carbocycles. The molecule has 0 amide bonds. The summed E-state index contributed by atoms with van der Waals surface area (Å²) in [4.78, 5) is 1.89. The third-order valence-corrected chi connectivity index (χ3v) is 3.65. The van der Waals surface area contributed by atoms with E-state index >= 15 is 0 Å². The van der Waals surface area contributed by atoms with Crippen molar-refractivity contribution in [1.82, 2.24) is 0 Å². The van der Waals surface area contributed by atoms with Gasteiger partial charge in [-0.25, -0.2) is 4.39 Å². The molecule has 2 aromatic rings. The zero-order chi connectivity index (χ0) is 13.3. The first-order valence-corrected chi connectivity index (χ1v) is 6.62. The number of nitrogen functional groups attached to an aromatic ring is 1. The van der Waals surface area contributed by atoms with E-state index in [1.165, 1.54) is 6.07 Å². The minimum Gasteiger partial charge on any atom is -0.397 e. The summed E-state index contributed by atoms with van der Waals surface area (Å²) in [5.41, 5.74) is 9.35. The SMILES string of the molecule is Cc1cccc(N(C)c2cc(F)c(I)cc2N)c1. The quantitative estimate of drug-likeness (QED) is 0.649. The summed E-state index contributed by atoms with van der Waals surface area (Å²) in [5, 5.41) is 0. The van der Waals surface area contributed by atoms with Crippen molar-refractivity contribution in [1.29, 1.82) is 0 Å². The minimum absolute atomic E-state index is 0.251. The molecule has 0 fully saturated rings. The monoisotopic (exact) mass is 356 g/mol. The largest absolute Gasteiger partial charge is 0.397 e. The van der Waals surface area contributed by atoms with Crippen molar-refractivity contribution in [3.8, 4) is 0 Å². The zero-order valence-electron chi connectivity index (χ0n) is 10.2. The number of anilines is 3. The van der Waals surface area contributed by atoms with Gasteiger partial charge in [0.05, 0.1) is 14.9 Å². The average Bonchev–Trinajstić information content (AvgIpc) is 2.33. The highest BCUT2D eigenvalue weighted by Crippen LogP contribution is 2.31. The van der Waals surface area contributed by atoms with E-state index < -0.39 is 0 Å². The number of halogens is 2. The molecule has 0 heterocycles. The van der Waals surface area contributed by atoms with Crippen LogP contribution in [0, 0.1) is 16.3 Å². The number of hydrogen-bond acceptors (Lipinski definition) is 2. The first kappa shape index (κ1) is 13.1. The predicted molar refractivity (Wildman–Crippen MR) is 82.8 cm³/mol. The highest BCUT2D eigenvalue weighted by molar-refractivity contribution is 14.1. The minimum atomic E-state index is -0.251. The number of rotatable bonds is 2. The van der Waals surface area contributed by atoms with Crippen molar-refractivity contribution in [3.05, 3.63) is 51.3 Å². The van der Waals surface area contributed by atoms with E-state index in [2.05, 4.69) is 0 Å². The van der Waals surface area contributed by atoms with Crippen molar-refractivity contribution in [2.45, 2.75) is 6.92 Å². The maximum absolute atomic E-state index is 13.6. The van der Waals surface area contributed by atoms with Gasteiger partial charge in [-0.3, -0.25) is 0 Å². The van der Waals surface area contributed by atoms with Crippen LogP contribution in [0.1, 0.15) is 5.56 Å². The lowest BCUT2D eigenvalue weighted by atomic mass is 10.2. The lowest BCUT2D eigenvalue weighted by Gasteiger charge is -2.22. The van der Waals surface area contributed by atoms with Gasteiger partial charge in [-0.1, -0.05) is 12.1 Å². The highest BCUT2D eigenvalue weighted by atomic mass is 127. The second kappa shape index (κ2) is 5.14. The number of hydrogen-bond donors (Lipinski definition) is 1. The number of nitrogens with zero attached hydrogens (tertiary/aromatic N) is 1. The van der Waals surface area contributed by atoms with Gasteiger partial charge in [-0.2, -0.15) is 0 Å². The van der Waals surface area contributed by atoms with Gasteiger partial charge in [-0.15, -0.1) is 0 Å². The molecule has 94 valence electrons. The Labute approximate surface area is 120 Å². The molecule has 0 aromatic heterocycles. The molecule has 4 heteroatoms. The molecule has 0 aliphatic heterocycles. The Bertz CT molecular complexity index is 584. The normalized spacial score (nSPS) is 10.4. The maximum atomic E-state index is 13.6. The molecule has 2 rings (SSSR count). The molecule has 18 heavy (non-hydrogen) atoms. The Morgan fingerprint density at radius 3 is 2.61 bits per heavy atom. The second-order valence-corrected chi connectivity index (χ2v) is 5.39. The van der Waals surface area contributed by atoms with E-state index in [1.807, 2.05) is 65.7 Å². The van der Waals surface area contributed by atoms with E-state index in [1.54, 1.807) is 6.07 Å². The molecule has 2 N–H and O–H groups in total. The van der Waals surface area contributed by atoms with Gasteiger partial charge in [0.15, 0.2) is 0 Å². The van der Waals surface area contributed by atoms with Crippen LogP contribution >= 0.6 is 22.6 Å². The van der Waals surface area contributed by atoms with Gasteiger partial charge in [0, 0.05) is 18.8 Å². The first-order valence-electron chi connectivity index (χ1n) is 5.54. The van der Waals surface area contributed by atoms with Crippen LogP contribution in [0.4, 0.5) is 21.5 Å². The highest BCUT2D eigenvalue weighted by Gasteiger charge is 2.11. The fourth-order valence-corrected chi connectivity index (χ4v) is 2.31. The fraction of sp³-hybridized carbons (Fsp3) is 0.143. The summed E-state index contributed by atoms with van der Waals surface area (Å²) >= 11 is 1.94. The number of aryl methyl sites for hydroxylation is 1. The summed E-state index contributed by atoms with van der Waals surface area (Å²) < 4.78 is 14.2. The van der Waals surface area contributed by atoms with Crippen molar-refractivity contribution in [2.24, 2.45) is 0 Å². The van der Waals surface area contributed by atoms with Crippen molar-refractivity contribution >= 4 is 39.7 Å². The van der Waals surface area contributed by atoms with Crippen LogP contribution in [0.5, 0.6) is 0 Å². The Balaban J connectivity index is 2.46. The molecule has 0 aliphatic rings. The van der Waals surface area contributed by atoms with Crippen LogP contribution in [0.15, 0.2) is 36.4 Å². The Morgan fingerprint density at radius 1 is 1.22 bits per heavy atom. The Hall–Kier alpha value is -1.30. The lowest BCUT2D eigenvalue weighted by molar-refractivity contribution is 0.620. The van der Waals surface area contributed by atoms with Gasteiger partial charge < -0.3 is 10.6 Å². The van der Waals surface area contributed by atoms with E-state index in [0.717, 1.165) is 11.3 Å². The van der Waals surface area contributed by atoms with Crippen LogP contribution in [0.25, 0.3) is 0 Å². The lowest BCUT2D eigenvalue weighted by Crippen LogP contribution is -2.12. The predicted octanol–water partition coefficient (Wildman–Crippen LogP) is 4.09. The molecule has 0 aliphatic carbocycles. The number of nitrogens with two attached hydrogens (primary N) is 1. The average molecular weight is 356 g/mol. The molecule has 0 unspecified atom stereocenters. The Kier molecular flexibility index (Phi) is 3.75. The molecule has 0 spiro atoms. The van der Waals surface area contributed by atoms with Crippen molar-refractivity contribution in [2.75, 3.05) is 17.7 Å². The zero-order valence-corrected chi connectivity index (χ0v) is 12.4. The summed E-state index contributed by atoms with van der Waals surface area (Å²) in [7, 11) is 1.88. The van der Waals surface area contributed by atoms with Crippen LogP contribution in [-0.4, -0.2) is 7.05 Å². The summed E-state index contributed by atoms with van der Waals surface area (Å²) in [5.74, 6) is -0.251. The fourth-order valence-electron chi connectivity index (χ4n) is 1.82. The van der Waals surface area contributed by atoms with Gasteiger partial charge in [0.2, 0.25) is 0 Å². The molecular formula is C14H14FIN2. The van der Waals surface area contributed by atoms with E-state index in [-0.39, 0.29) is 5.82 Å². The smallest absolute Gasteiger partial charge is 0.138 e. The second-order valence-electron chi connectivity index (χ2n) is 4.22. The van der Waals surface area contributed by atoms with E-state index in [0.29, 0.717) is 14.9 Å². The van der Waals surface area contributed by atoms with Gasteiger partial charge >= 0.3 is 0 Å². The van der Waals surface area contributed by atoms with E-state index in [9.17, 15) is 4.39 Å². The molecule has 0 bridgehead atoms. The Morgan fingerprint density at radius 2 is 1.94 bits per heavy atom. The first-order chi connectivity index (χ1) is 8.49. The van der Waals surface area contributed by atoms with Gasteiger partial charge in [0.25, 0.3) is 0 Å². The summed E-state index contributed by atoms with van der Waals surface area (Å²) in [6.45, 7) is 2.02. The third kappa shape index (κ3) is 2.58. The maximum Gasteiger partial charge on any atom is 0.138 e. The molecule has 0 atom stereocenters. The standard InChI is InChI=1S/C14H14FIN2/c1-9-4-3-5-10(6-9)18(2)14-7-11(15)12(16)8-13(14)17/h3-8H,17H2,1-2H3. The van der Waals surface area contributed by atoms with Crippen LogP contribution in [0.3, 0.4) is 0 Å². The van der Waals surface area contributed by atoms with Crippen LogP contribution in [0.2, 0.25) is 0 Å². The van der Waals surface area contributed by atoms with E-state index in [4.69, 9.17) is 5.73 Å². The molecule has 0 radical (unpaired) electrons. The third-order valence-electron chi connectivity index (χ3n) is 2.82. The summed E-state index contributed by atoms with van der Waals surface area (Å²) in [6.07, 6.45) is 0. The molecule has 2 aromatic carbocycles. The van der Waals surface area contributed by atoms with Gasteiger partial charge in [0.1, 0.15) is 5.82 Å². The van der Waals surface area contributed by atoms with Crippen LogP contribution in [-0.2, 0) is 0 Å².